The Hall–Kier alpha value is -0.650. The number of amides is 1. The second-order valence-corrected chi connectivity index (χ2v) is 2.86. The van der Waals surface area contributed by atoms with Gasteiger partial charge in [0.1, 0.15) is 0 Å². The molecule has 1 heterocycles. The minimum absolute atomic E-state index is 0.267. The van der Waals surface area contributed by atoms with Gasteiger partial charge in [0.15, 0.2) is 0 Å². The van der Waals surface area contributed by atoms with Crippen molar-refractivity contribution >= 4 is 5.91 Å². The van der Waals surface area contributed by atoms with E-state index in [0.29, 0.717) is 11.6 Å². The van der Waals surface area contributed by atoms with Crippen molar-refractivity contribution in [2.24, 2.45) is 0 Å². The number of carbonyl (C=O) groups is 1. The third kappa shape index (κ3) is 2.77. The summed E-state index contributed by atoms with van der Waals surface area (Å²) in [4.78, 5) is 13.0. The SMILES string of the molecule is CN(O)C(=O)CN1CC[N]CC1. The van der Waals surface area contributed by atoms with Crippen molar-refractivity contribution in [2.75, 3.05) is 39.8 Å². The molecule has 12 heavy (non-hydrogen) atoms. The quantitative estimate of drug-likeness (QED) is 0.418. The Labute approximate surface area is 71.9 Å². The first-order chi connectivity index (χ1) is 5.70. The Morgan fingerprint density at radius 1 is 1.58 bits per heavy atom. The highest BCUT2D eigenvalue weighted by Gasteiger charge is 2.15. The molecule has 69 valence electrons. The molecule has 0 bridgehead atoms. The second-order valence-electron chi connectivity index (χ2n) is 2.86. The molecule has 1 N–H and O–H groups in total. The van der Waals surface area contributed by atoms with Gasteiger partial charge in [-0.25, -0.2) is 10.4 Å². The van der Waals surface area contributed by atoms with Crippen LogP contribution in [0.2, 0.25) is 0 Å². The summed E-state index contributed by atoms with van der Waals surface area (Å²) in [5.74, 6) is -0.267. The average Bonchev–Trinajstić information content (AvgIpc) is 2.06. The van der Waals surface area contributed by atoms with E-state index in [-0.39, 0.29) is 5.91 Å². The van der Waals surface area contributed by atoms with E-state index in [2.05, 4.69) is 5.32 Å². The Bertz CT molecular complexity index is 155. The lowest BCUT2D eigenvalue weighted by molar-refractivity contribution is -0.160. The first-order valence-electron chi connectivity index (χ1n) is 4.01. The maximum absolute atomic E-state index is 11.0. The highest BCUT2D eigenvalue weighted by molar-refractivity contribution is 5.76. The Kier molecular flexibility index (Phi) is 3.46. The fraction of sp³-hybridized carbons (Fsp3) is 0.857. The lowest BCUT2D eigenvalue weighted by Gasteiger charge is -2.26. The van der Waals surface area contributed by atoms with Crippen LogP contribution in [0.5, 0.6) is 0 Å². The number of likely N-dealkylation sites (N-methyl/N-ethyl adjacent to an activating group) is 1. The summed E-state index contributed by atoms with van der Waals surface area (Å²) in [6, 6.07) is 0. The molecule has 0 aromatic heterocycles. The van der Waals surface area contributed by atoms with Crippen LogP contribution in [0.1, 0.15) is 0 Å². The van der Waals surface area contributed by atoms with Crippen LogP contribution in [0.3, 0.4) is 0 Å². The van der Waals surface area contributed by atoms with Gasteiger partial charge in [-0.15, -0.1) is 0 Å². The molecule has 0 spiro atoms. The zero-order valence-corrected chi connectivity index (χ0v) is 7.23. The summed E-state index contributed by atoms with van der Waals surface area (Å²) in [5, 5.41) is 13.6. The molecule has 0 aromatic carbocycles. The first-order valence-corrected chi connectivity index (χ1v) is 4.01. The zero-order valence-electron chi connectivity index (χ0n) is 7.23. The summed E-state index contributed by atoms with van der Waals surface area (Å²) < 4.78 is 0. The van der Waals surface area contributed by atoms with Gasteiger partial charge in [-0.3, -0.25) is 14.9 Å². The Morgan fingerprint density at radius 2 is 2.17 bits per heavy atom. The molecule has 0 saturated carbocycles. The largest absolute Gasteiger partial charge is 0.292 e. The Morgan fingerprint density at radius 3 is 2.67 bits per heavy atom. The average molecular weight is 172 g/mol. The molecule has 5 nitrogen and oxygen atoms in total. The van der Waals surface area contributed by atoms with Crippen molar-refractivity contribution in [2.45, 2.75) is 0 Å². The van der Waals surface area contributed by atoms with Crippen LogP contribution in [0, 0.1) is 0 Å². The highest BCUT2D eigenvalue weighted by atomic mass is 16.5. The lowest BCUT2D eigenvalue weighted by Crippen LogP contribution is -2.45. The summed E-state index contributed by atoms with van der Waals surface area (Å²) in [5.41, 5.74) is 0. The van der Waals surface area contributed by atoms with Crippen LogP contribution in [-0.2, 0) is 4.79 Å². The first kappa shape index (κ1) is 9.44. The predicted octanol–water partition coefficient (Wildman–Crippen LogP) is -1.25. The van der Waals surface area contributed by atoms with Crippen LogP contribution < -0.4 is 5.32 Å². The van der Waals surface area contributed by atoms with Crippen LogP contribution >= 0.6 is 0 Å². The summed E-state index contributed by atoms with van der Waals surface area (Å²) >= 11 is 0. The minimum Gasteiger partial charge on any atom is -0.292 e. The smallest absolute Gasteiger partial charge is 0.259 e. The molecule has 1 saturated heterocycles. The fourth-order valence-corrected chi connectivity index (χ4v) is 1.10. The molecule has 1 radical (unpaired) electrons. The standard InChI is InChI=1S/C7H14N3O2/c1-9(12)7(11)6-10-4-2-8-3-5-10/h12H,2-6H2,1H3. The van der Waals surface area contributed by atoms with Crippen LogP contribution in [0.4, 0.5) is 0 Å². The van der Waals surface area contributed by atoms with Crippen molar-refractivity contribution in [1.29, 1.82) is 0 Å². The van der Waals surface area contributed by atoms with Crippen molar-refractivity contribution in [3.05, 3.63) is 0 Å². The molecular weight excluding hydrogens is 158 g/mol. The molecule has 1 rings (SSSR count). The normalized spacial score (nSPS) is 19.2. The van der Waals surface area contributed by atoms with E-state index < -0.39 is 0 Å². The summed E-state index contributed by atoms with van der Waals surface area (Å²) in [7, 11) is 1.34. The maximum atomic E-state index is 11.0. The Balaban J connectivity index is 2.24. The number of rotatable bonds is 2. The fourth-order valence-electron chi connectivity index (χ4n) is 1.10. The second kappa shape index (κ2) is 4.39. The number of hydrogen-bond acceptors (Lipinski definition) is 3. The van der Waals surface area contributed by atoms with Crippen LogP contribution in [-0.4, -0.2) is 60.8 Å². The molecule has 1 aliphatic rings. The maximum Gasteiger partial charge on any atom is 0.259 e. The van der Waals surface area contributed by atoms with Crippen molar-refractivity contribution < 1.29 is 10.0 Å². The van der Waals surface area contributed by atoms with Crippen molar-refractivity contribution in [3.8, 4) is 0 Å². The molecule has 1 aliphatic heterocycles. The van der Waals surface area contributed by atoms with E-state index in [9.17, 15) is 4.79 Å². The summed E-state index contributed by atoms with van der Waals surface area (Å²) in [6.45, 7) is 3.52. The summed E-state index contributed by atoms with van der Waals surface area (Å²) in [6.07, 6.45) is 0. The van der Waals surface area contributed by atoms with E-state index in [1.807, 2.05) is 4.90 Å². The topological polar surface area (TPSA) is 57.9 Å². The third-order valence-electron chi connectivity index (χ3n) is 1.87. The van der Waals surface area contributed by atoms with E-state index in [4.69, 9.17) is 5.21 Å². The van der Waals surface area contributed by atoms with Gasteiger partial charge >= 0.3 is 0 Å². The van der Waals surface area contributed by atoms with Crippen LogP contribution in [0.15, 0.2) is 0 Å². The number of piperazine rings is 1. The van der Waals surface area contributed by atoms with Crippen LogP contribution in [0.25, 0.3) is 0 Å². The van der Waals surface area contributed by atoms with Gasteiger partial charge in [-0.2, -0.15) is 0 Å². The third-order valence-corrected chi connectivity index (χ3v) is 1.87. The molecule has 0 aliphatic carbocycles. The number of nitrogens with zero attached hydrogens (tertiary/aromatic N) is 3. The molecule has 5 heteroatoms. The monoisotopic (exact) mass is 172 g/mol. The number of carbonyl (C=O) groups excluding carboxylic acids is 1. The number of hydroxylamine groups is 2. The predicted molar refractivity (Wildman–Crippen MR) is 42.9 cm³/mol. The molecular formula is C7H14N3O2. The van der Waals surface area contributed by atoms with Gasteiger partial charge in [0, 0.05) is 33.2 Å². The molecule has 1 amide bonds. The van der Waals surface area contributed by atoms with E-state index in [1.54, 1.807) is 0 Å². The van der Waals surface area contributed by atoms with E-state index >= 15 is 0 Å². The van der Waals surface area contributed by atoms with Crippen molar-refractivity contribution in [1.82, 2.24) is 15.3 Å². The van der Waals surface area contributed by atoms with Crippen molar-refractivity contribution in [3.63, 3.8) is 0 Å². The van der Waals surface area contributed by atoms with Gasteiger partial charge < -0.3 is 0 Å². The van der Waals surface area contributed by atoms with E-state index in [1.165, 1.54) is 7.05 Å². The van der Waals surface area contributed by atoms with Gasteiger partial charge in [0.2, 0.25) is 0 Å². The highest BCUT2D eigenvalue weighted by Crippen LogP contribution is 1.93. The minimum atomic E-state index is -0.267. The molecule has 0 unspecified atom stereocenters. The van der Waals surface area contributed by atoms with Gasteiger partial charge in [0.05, 0.1) is 6.54 Å². The number of hydrogen-bond donors (Lipinski definition) is 1. The molecule has 0 atom stereocenters. The van der Waals surface area contributed by atoms with E-state index in [0.717, 1.165) is 26.2 Å². The molecule has 1 fully saturated rings. The van der Waals surface area contributed by atoms with Gasteiger partial charge in [-0.05, 0) is 0 Å². The van der Waals surface area contributed by atoms with Gasteiger partial charge in [-0.1, -0.05) is 0 Å². The molecule has 0 aromatic rings. The lowest BCUT2D eigenvalue weighted by atomic mass is 10.3. The van der Waals surface area contributed by atoms with Gasteiger partial charge in [0.25, 0.3) is 5.91 Å². The zero-order chi connectivity index (χ0) is 8.97.